The van der Waals surface area contributed by atoms with Gasteiger partial charge in [-0.05, 0) is 18.3 Å². The van der Waals surface area contributed by atoms with Crippen LogP contribution in [0.4, 0.5) is 5.69 Å². The first-order valence-corrected chi connectivity index (χ1v) is 9.93. The number of anilines is 1. The standard InChI is InChI=1S/C19H30N6O.HI/c1-20-19(22-17-10-16(17)14-6-4-3-5-7-14)24-8-9-25(18(26)13-24)15-11-21-23(2)12-15;/h11-12,14,16-17H,3-10,13H2,1-2H3,(H,20,22);1H. The molecule has 1 aliphatic heterocycles. The van der Waals surface area contributed by atoms with Crippen LogP contribution < -0.4 is 10.2 Å². The number of nitrogens with one attached hydrogen (secondary N) is 1. The van der Waals surface area contributed by atoms with Gasteiger partial charge in [-0.25, -0.2) is 0 Å². The lowest BCUT2D eigenvalue weighted by Gasteiger charge is -2.35. The number of rotatable bonds is 3. The molecule has 27 heavy (non-hydrogen) atoms. The molecule has 4 rings (SSSR count). The molecule has 2 atom stereocenters. The quantitative estimate of drug-likeness (QED) is 0.405. The minimum atomic E-state index is 0. The predicted octanol–water partition coefficient (Wildman–Crippen LogP) is 2.23. The first-order chi connectivity index (χ1) is 12.7. The van der Waals surface area contributed by atoms with E-state index in [1.165, 1.54) is 38.5 Å². The third kappa shape index (κ3) is 4.57. The number of nitrogens with zero attached hydrogens (tertiary/aromatic N) is 5. The number of carbonyl (C=O) groups is 1. The summed E-state index contributed by atoms with van der Waals surface area (Å²) in [7, 11) is 3.69. The highest BCUT2D eigenvalue weighted by Crippen LogP contribution is 2.44. The molecule has 1 N–H and O–H groups in total. The van der Waals surface area contributed by atoms with E-state index in [0.29, 0.717) is 19.1 Å². The molecule has 2 saturated carbocycles. The second-order valence-electron chi connectivity index (χ2n) is 7.93. The molecule has 1 amide bonds. The summed E-state index contributed by atoms with van der Waals surface area (Å²) in [5, 5.41) is 7.80. The minimum Gasteiger partial charge on any atom is -0.353 e. The van der Waals surface area contributed by atoms with E-state index in [2.05, 4.69) is 20.3 Å². The molecule has 3 fully saturated rings. The zero-order valence-electron chi connectivity index (χ0n) is 16.3. The molecule has 0 bridgehead atoms. The number of piperazine rings is 1. The molecular weight excluding hydrogens is 455 g/mol. The number of guanidine groups is 1. The summed E-state index contributed by atoms with van der Waals surface area (Å²) in [4.78, 5) is 21.0. The number of hydrogen-bond acceptors (Lipinski definition) is 3. The van der Waals surface area contributed by atoms with E-state index in [1.807, 2.05) is 25.2 Å². The molecule has 1 saturated heterocycles. The zero-order chi connectivity index (χ0) is 18.1. The van der Waals surface area contributed by atoms with Crippen molar-refractivity contribution in [2.45, 2.75) is 44.6 Å². The Balaban J connectivity index is 0.00000210. The Morgan fingerprint density at radius 1 is 1.26 bits per heavy atom. The summed E-state index contributed by atoms with van der Waals surface area (Å²) >= 11 is 0. The average molecular weight is 486 g/mol. The lowest BCUT2D eigenvalue weighted by atomic mass is 9.85. The Bertz CT molecular complexity index is 683. The Kier molecular flexibility index (Phi) is 6.65. The van der Waals surface area contributed by atoms with Crippen molar-refractivity contribution < 1.29 is 4.79 Å². The van der Waals surface area contributed by atoms with Crippen LogP contribution in [0.15, 0.2) is 17.4 Å². The largest absolute Gasteiger partial charge is 0.353 e. The van der Waals surface area contributed by atoms with Crippen molar-refractivity contribution in [1.29, 1.82) is 0 Å². The summed E-state index contributed by atoms with van der Waals surface area (Å²) in [5.74, 6) is 2.68. The highest BCUT2D eigenvalue weighted by molar-refractivity contribution is 14.0. The molecule has 2 aliphatic carbocycles. The van der Waals surface area contributed by atoms with Crippen LogP contribution in [-0.4, -0.2) is 59.3 Å². The second-order valence-corrected chi connectivity index (χ2v) is 7.93. The maximum Gasteiger partial charge on any atom is 0.246 e. The van der Waals surface area contributed by atoms with Crippen LogP contribution in [0.25, 0.3) is 0 Å². The molecule has 8 heteroatoms. The first kappa shape index (κ1) is 20.4. The summed E-state index contributed by atoms with van der Waals surface area (Å²) < 4.78 is 1.73. The van der Waals surface area contributed by atoms with Crippen molar-refractivity contribution in [3.8, 4) is 0 Å². The van der Waals surface area contributed by atoms with E-state index in [-0.39, 0.29) is 29.9 Å². The Morgan fingerprint density at radius 2 is 2.04 bits per heavy atom. The molecule has 7 nitrogen and oxygen atoms in total. The van der Waals surface area contributed by atoms with Crippen molar-refractivity contribution in [3.05, 3.63) is 12.4 Å². The lowest BCUT2D eigenvalue weighted by molar-refractivity contribution is -0.120. The topological polar surface area (TPSA) is 65.8 Å². The van der Waals surface area contributed by atoms with Crippen molar-refractivity contribution in [1.82, 2.24) is 20.0 Å². The third-order valence-electron chi connectivity index (χ3n) is 6.14. The summed E-state index contributed by atoms with van der Waals surface area (Å²) in [5.41, 5.74) is 0.875. The van der Waals surface area contributed by atoms with Crippen molar-refractivity contribution in [3.63, 3.8) is 0 Å². The molecular formula is C19H31IN6O. The van der Waals surface area contributed by atoms with Gasteiger partial charge in [0, 0.05) is 39.4 Å². The molecule has 3 aliphatic rings. The van der Waals surface area contributed by atoms with Crippen molar-refractivity contribution in [2.75, 3.05) is 31.6 Å². The smallest absolute Gasteiger partial charge is 0.246 e. The van der Waals surface area contributed by atoms with Gasteiger partial charge in [-0.2, -0.15) is 5.10 Å². The van der Waals surface area contributed by atoms with E-state index in [9.17, 15) is 4.79 Å². The molecule has 0 aromatic carbocycles. The number of hydrogen-bond donors (Lipinski definition) is 1. The van der Waals surface area contributed by atoms with Crippen molar-refractivity contribution >= 4 is 41.5 Å². The van der Waals surface area contributed by atoms with Gasteiger partial charge in [-0.15, -0.1) is 24.0 Å². The van der Waals surface area contributed by atoms with Crippen molar-refractivity contribution in [2.24, 2.45) is 23.9 Å². The van der Waals surface area contributed by atoms with Crippen LogP contribution >= 0.6 is 24.0 Å². The summed E-state index contributed by atoms with van der Waals surface area (Å²) in [6.07, 6.45) is 11.9. The number of aryl methyl sites for hydroxylation is 1. The fourth-order valence-electron chi connectivity index (χ4n) is 4.60. The number of carbonyl (C=O) groups excluding carboxylic acids is 1. The fraction of sp³-hybridized carbons (Fsp3) is 0.737. The number of amides is 1. The van der Waals surface area contributed by atoms with Gasteiger partial charge in [-0.3, -0.25) is 14.5 Å². The van der Waals surface area contributed by atoms with E-state index in [1.54, 1.807) is 10.9 Å². The number of aliphatic imine (C=N–C) groups is 1. The maximum absolute atomic E-state index is 12.6. The molecule has 2 unspecified atom stereocenters. The minimum absolute atomic E-state index is 0. The van der Waals surface area contributed by atoms with Gasteiger partial charge in [0.1, 0.15) is 6.54 Å². The van der Waals surface area contributed by atoms with Crippen LogP contribution in [-0.2, 0) is 11.8 Å². The van der Waals surface area contributed by atoms with Gasteiger partial charge in [0.05, 0.1) is 11.9 Å². The van der Waals surface area contributed by atoms with E-state index in [0.717, 1.165) is 30.0 Å². The Labute approximate surface area is 178 Å². The van der Waals surface area contributed by atoms with Gasteiger partial charge < -0.3 is 15.1 Å². The highest BCUT2D eigenvalue weighted by Gasteiger charge is 2.44. The maximum atomic E-state index is 12.6. The third-order valence-corrected chi connectivity index (χ3v) is 6.14. The second kappa shape index (κ2) is 8.79. The summed E-state index contributed by atoms with van der Waals surface area (Å²) in [6.45, 7) is 1.83. The molecule has 0 radical (unpaired) electrons. The lowest BCUT2D eigenvalue weighted by Crippen LogP contribution is -2.55. The molecule has 0 spiro atoms. The van der Waals surface area contributed by atoms with Gasteiger partial charge in [0.2, 0.25) is 5.91 Å². The number of halogens is 1. The Morgan fingerprint density at radius 3 is 2.67 bits per heavy atom. The van der Waals surface area contributed by atoms with Crippen LogP contribution in [0.2, 0.25) is 0 Å². The molecule has 150 valence electrons. The zero-order valence-corrected chi connectivity index (χ0v) is 18.6. The monoisotopic (exact) mass is 486 g/mol. The predicted molar refractivity (Wildman–Crippen MR) is 118 cm³/mol. The molecule has 1 aromatic rings. The molecule has 2 heterocycles. The van der Waals surface area contributed by atoms with Gasteiger partial charge in [0.25, 0.3) is 0 Å². The van der Waals surface area contributed by atoms with Crippen LogP contribution in [0.5, 0.6) is 0 Å². The van der Waals surface area contributed by atoms with Gasteiger partial charge >= 0.3 is 0 Å². The van der Waals surface area contributed by atoms with Gasteiger partial charge in [-0.1, -0.05) is 32.1 Å². The Hall–Kier alpha value is -1.32. The van der Waals surface area contributed by atoms with Gasteiger partial charge in [0.15, 0.2) is 5.96 Å². The van der Waals surface area contributed by atoms with Crippen LogP contribution in [0.3, 0.4) is 0 Å². The van der Waals surface area contributed by atoms with Crippen LogP contribution in [0, 0.1) is 11.8 Å². The average Bonchev–Trinajstić information content (AvgIpc) is 3.31. The first-order valence-electron chi connectivity index (χ1n) is 9.93. The summed E-state index contributed by atoms with van der Waals surface area (Å²) in [6, 6.07) is 0.545. The van der Waals surface area contributed by atoms with E-state index in [4.69, 9.17) is 0 Å². The van der Waals surface area contributed by atoms with Crippen LogP contribution in [0.1, 0.15) is 38.5 Å². The van der Waals surface area contributed by atoms with E-state index < -0.39 is 0 Å². The fourth-order valence-corrected chi connectivity index (χ4v) is 4.60. The molecule has 1 aromatic heterocycles. The number of aromatic nitrogens is 2. The normalized spacial score (nSPS) is 26.7. The van der Waals surface area contributed by atoms with E-state index >= 15 is 0 Å². The SMILES string of the molecule is CN=C(NC1CC1C1CCCCC1)N1CCN(c2cnn(C)c2)C(=O)C1.I. The highest BCUT2D eigenvalue weighted by atomic mass is 127.